The lowest BCUT2D eigenvalue weighted by atomic mass is 10.1. The Morgan fingerprint density at radius 1 is 1.17 bits per heavy atom. The third-order valence-corrected chi connectivity index (χ3v) is 3.55. The van der Waals surface area contributed by atoms with Crippen LogP contribution < -0.4 is 5.32 Å². The minimum Gasteiger partial charge on any atom is -0.339 e. The second kappa shape index (κ2) is 7.04. The molecule has 0 atom stereocenters. The fourth-order valence-electron chi connectivity index (χ4n) is 2.18. The summed E-state index contributed by atoms with van der Waals surface area (Å²) in [5.74, 6) is 0.911. The van der Waals surface area contributed by atoms with Crippen LogP contribution in [0.1, 0.15) is 25.3 Å². The van der Waals surface area contributed by atoms with Gasteiger partial charge in [-0.15, -0.1) is 0 Å². The summed E-state index contributed by atoms with van der Waals surface area (Å²) in [6.07, 6.45) is 3.82. The van der Waals surface area contributed by atoms with E-state index in [-0.39, 0.29) is 11.8 Å². The third-order valence-electron chi connectivity index (χ3n) is 3.55. The van der Waals surface area contributed by atoms with Gasteiger partial charge in [-0.2, -0.15) is 4.98 Å². The van der Waals surface area contributed by atoms with E-state index in [0.29, 0.717) is 18.1 Å². The van der Waals surface area contributed by atoms with E-state index in [4.69, 9.17) is 4.52 Å². The van der Waals surface area contributed by atoms with Crippen LogP contribution in [0.3, 0.4) is 0 Å². The number of benzene rings is 1. The topological polar surface area (TPSA) is 80.9 Å². The van der Waals surface area contributed by atoms with E-state index in [0.717, 1.165) is 16.8 Å². The van der Waals surface area contributed by atoms with Crippen LogP contribution in [-0.2, 0) is 11.2 Å². The number of carbonyl (C=O) groups excluding carboxylic acids is 1. The van der Waals surface area contributed by atoms with Gasteiger partial charge in [0, 0.05) is 29.6 Å². The van der Waals surface area contributed by atoms with Crippen LogP contribution in [-0.4, -0.2) is 21.0 Å². The molecule has 0 radical (unpaired) electrons. The number of hydrogen-bond acceptors (Lipinski definition) is 5. The molecule has 0 unspecified atom stereocenters. The first-order valence-corrected chi connectivity index (χ1v) is 7.75. The summed E-state index contributed by atoms with van der Waals surface area (Å²) in [7, 11) is 0. The minimum absolute atomic E-state index is 0.0227. The van der Waals surface area contributed by atoms with Crippen molar-refractivity contribution in [3.05, 3.63) is 60.2 Å². The predicted molar refractivity (Wildman–Crippen MR) is 90.2 cm³/mol. The monoisotopic (exact) mass is 322 g/mol. The Labute approximate surface area is 139 Å². The Hall–Kier alpha value is -3.02. The van der Waals surface area contributed by atoms with Gasteiger partial charge in [0.1, 0.15) is 0 Å². The highest BCUT2D eigenvalue weighted by Crippen LogP contribution is 2.21. The van der Waals surface area contributed by atoms with Crippen LogP contribution in [0.5, 0.6) is 0 Å². The van der Waals surface area contributed by atoms with Gasteiger partial charge < -0.3 is 9.84 Å². The molecule has 0 saturated heterocycles. The van der Waals surface area contributed by atoms with Gasteiger partial charge in [0.25, 0.3) is 0 Å². The molecule has 1 amide bonds. The zero-order chi connectivity index (χ0) is 16.9. The standard InChI is InChI=1S/C18H18N4O2/c1-12(2)18(23)20-15-6-4-3-5-14(15)11-16-21-17(22-24-16)13-7-9-19-10-8-13/h3-10,12H,11H2,1-2H3,(H,20,23). The lowest BCUT2D eigenvalue weighted by Crippen LogP contribution is -2.18. The van der Waals surface area contributed by atoms with Crippen molar-refractivity contribution in [2.24, 2.45) is 5.92 Å². The van der Waals surface area contributed by atoms with Crippen molar-refractivity contribution in [1.29, 1.82) is 0 Å². The number of nitrogens with zero attached hydrogens (tertiary/aromatic N) is 3. The molecule has 6 nitrogen and oxygen atoms in total. The Balaban J connectivity index is 1.80. The quantitative estimate of drug-likeness (QED) is 0.779. The molecule has 1 aromatic carbocycles. The molecule has 0 aliphatic rings. The zero-order valence-electron chi connectivity index (χ0n) is 13.6. The van der Waals surface area contributed by atoms with Gasteiger partial charge in [-0.1, -0.05) is 37.2 Å². The van der Waals surface area contributed by atoms with Gasteiger partial charge in [0.05, 0.1) is 6.42 Å². The maximum Gasteiger partial charge on any atom is 0.231 e. The van der Waals surface area contributed by atoms with Crippen LogP contribution >= 0.6 is 0 Å². The van der Waals surface area contributed by atoms with E-state index in [2.05, 4.69) is 20.4 Å². The summed E-state index contributed by atoms with van der Waals surface area (Å²) < 4.78 is 5.34. The Morgan fingerprint density at radius 3 is 2.67 bits per heavy atom. The van der Waals surface area contributed by atoms with Crippen molar-refractivity contribution in [2.75, 3.05) is 5.32 Å². The maximum atomic E-state index is 11.9. The molecule has 0 aliphatic heterocycles. The lowest BCUT2D eigenvalue weighted by molar-refractivity contribution is -0.118. The van der Waals surface area contributed by atoms with Gasteiger partial charge in [-0.05, 0) is 23.8 Å². The van der Waals surface area contributed by atoms with Crippen LogP contribution in [0.15, 0.2) is 53.3 Å². The Morgan fingerprint density at radius 2 is 1.92 bits per heavy atom. The van der Waals surface area contributed by atoms with Crippen molar-refractivity contribution >= 4 is 11.6 Å². The number of nitrogens with one attached hydrogen (secondary N) is 1. The number of anilines is 1. The number of pyridine rings is 1. The van der Waals surface area contributed by atoms with Gasteiger partial charge in [0.2, 0.25) is 17.6 Å². The predicted octanol–water partition coefficient (Wildman–Crippen LogP) is 3.32. The average Bonchev–Trinajstić information content (AvgIpc) is 3.06. The summed E-state index contributed by atoms with van der Waals surface area (Å²) >= 11 is 0. The van der Waals surface area contributed by atoms with Crippen molar-refractivity contribution in [1.82, 2.24) is 15.1 Å². The zero-order valence-corrected chi connectivity index (χ0v) is 13.6. The van der Waals surface area contributed by atoms with Gasteiger partial charge in [-0.3, -0.25) is 9.78 Å². The summed E-state index contributed by atoms with van der Waals surface area (Å²) in [5.41, 5.74) is 2.54. The van der Waals surface area contributed by atoms with Gasteiger partial charge in [-0.25, -0.2) is 0 Å². The number of aromatic nitrogens is 3. The lowest BCUT2D eigenvalue weighted by Gasteiger charge is -2.11. The summed E-state index contributed by atoms with van der Waals surface area (Å²) in [4.78, 5) is 20.3. The number of amides is 1. The maximum absolute atomic E-state index is 11.9. The second-order valence-electron chi connectivity index (χ2n) is 5.73. The molecular formula is C18H18N4O2. The van der Waals surface area contributed by atoms with Gasteiger partial charge in [0.15, 0.2) is 0 Å². The highest BCUT2D eigenvalue weighted by Gasteiger charge is 2.13. The molecule has 24 heavy (non-hydrogen) atoms. The molecule has 0 bridgehead atoms. The van der Waals surface area contributed by atoms with E-state index in [1.165, 1.54) is 0 Å². The number of para-hydroxylation sites is 1. The first kappa shape index (κ1) is 15.9. The minimum atomic E-state index is -0.0836. The van der Waals surface area contributed by atoms with E-state index in [9.17, 15) is 4.79 Å². The molecule has 0 spiro atoms. The van der Waals surface area contributed by atoms with E-state index >= 15 is 0 Å². The molecular weight excluding hydrogens is 304 g/mol. The van der Waals surface area contributed by atoms with E-state index in [1.807, 2.05) is 50.2 Å². The summed E-state index contributed by atoms with van der Waals surface area (Å²) in [5, 5.41) is 6.93. The SMILES string of the molecule is CC(C)C(=O)Nc1ccccc1Cc1nc(-c2ccncc2)no1. The van der Waals surface area contributed by atoms with Crippen molar-refractivity contribution in [3.8, 4) is 11.4 Å². The Bertz CT molecular complexity index is 828. The van der Waals surface area contributed by atoms with Crippen LogP contribution in [0.25, 0.3) is 11.4 Å². The third kappa shape index (κ3) is 3.65. The first-order valence-electron chi connectivity index (χ1n) is 7.75. The van der Waals surface area contributed by atoms with E-state index < -0.39 is 0 Å². The molecule has 6 heteroatoms. The fraction of sp³-hybridized carbons (Fsp3) is 0.222. The average molecular weight is 322 g/mol. The molecule has 0 saturated carbocycles. The molecule has 1 N–H and O–H groups in total. The molecule has 3 aromatic rings. The fourth-order valence-corrected chi connectivity index (χ4v) is 2.18. The number of hydrogen-bond donors (Lipinski definition) is 1. The second-order valence-corrected chi connectivity index (χ2v) is 5.73. The number of rotatable bonds is 5. The molecule has 0 aliphatic carbocycles. The molecule has 3 rings (SSSR count). The molecule has 122 valence electrons. The van der Waals surface area contributed by atoms with Crippen LogP contribution in [0.4, 0.5) is 5.69 Å². The normalized spacial score (nSPS) is 10.8. The smallest absolute Gasteiger partial charge is 0.231 e. The van der Waals surface area contributed by atoms with E-state index in [1.54, 1.807) is 12.4 Å². The summed E-state index contributed by atoms with van der Waals surface area (Å²) in [6, 6.07) is 11.3. The highest BCUT2D eigenvalue weighted by atomic mass is 16.5. The molecule has 2 heterocycles. The van der Waals surface area contributed by atoms with Crippen molar-refractivity contribution < 1.29 is 9.32 Å². The largest absolute Gasteiger partial charge is 0.339 e. The van der Waals surface area contributed by atoms with Crippen molar-refractivity contribution in [3.63, 3.8) is 0 Å². The van der Waals surface area contributed by atoms with Gasteiger partial charge >= 0.3 is 0 Å². The first-order chi connectivity index (χ1) is 11.6. The number of carbonyl (C=O) groups is 1. The Kier molecular flexibility index (Phi) is 4.65. The van der Waals surface area contributed by atoms with Crippen molar-refractivity contribution in [2.45, 2.75) is 20.3 Å². The van der Waals surface area contributed by atoms with Crippen LogP contribution in [0.2, 0.25) is 0 Å². The molecule has 0 fully saturated rings. The highest BCUT2D eigenvalue weighted by molar-refractivity contribution is 5.92. The summed E-state index contributed by atoms with van der Waals surface area (Å²) in [6.45, 7) is 3.72. The van der Waals surface area contributed by atoms with Crippen LogP contribution in [0, 0.1) is 5.92 Å². The molecule has 2 aromatic heterocycles.